The molecule has 0 saturated carbocycles. The summed E-state index contributed by atoms with van der Waals surface area (Å²) in [4.78, 5) is 4.38. The second kappa shape index (κ2) is 4.99. The van der Waals surface area contributed by atoms with E-state index in [4.69, 9.17) is 4.74 Å². The van der Waals surface area contributed by atoms with Gasteiger partial charge in [-0.25, -0.2) is 9.37 Å². The van der Waals surface area contributed by atoms with Crippen molar-refractivity contribution in [3.8, 4) is 5.75 Å². The number of ether oxygens (including phenoxy) is 1. The quantitative estimate of drug-likeness (QED) is 0.813. The molecule has 2 aromatic rings. The van der Waals surface area contributed by atoms with Crippen LogP contribution >= 0.6 is 0 Å². The fourth-order valence-electron chi connectivity index (χ4n) is 1.66. The largest absolute Gasteiger partial charge is 0.486 e. The van der Waals surface area contributed by atoms with Crippen molar-refractivity contribution in [2.45, 2.75) is 27.0 Å². The molecule has 17 heavy (non-hydrogen) atoms. The summed E-state index contributed by atoms with van der Waals surface area (Å²) in [7, 11) is 0. The third kappa shape index (κ3) is 2.84. The predicted molar refractivity (Wildman–Crippen MR) is 63.4 cm³/mol. The molecule has 0 bridgehead atoms. The maximum atomic E-state index is 12.7. The maximum absolute atomic E-state index is 12.7. The molecule has 0 aliphatic heterocycles. The number of hydrogen-bond donors (Lipinski definition) is 0. The van der Waals surface area contributed by atoms with Gasteiger partial charge in [-0.3, -0.25) is 0 Å². The van der Waals surface area contributed by atoms with Crippen LogP contribution in [-0.2, 0) is 13.2 Å². The van der Waals surface area contributed by atoms with Crippen LogP contribution in [0.4, 0.5) is 4.39 Å². The van der Waals surface area contributed by atoms with Crippen LogP contribution in [0.1, 0.15) is 18.4 Å². The summed E-state index contributed by atoms with van der Waals surface area (Å²) >= 11 is 0. The number of rotatable bonds is 4. The van der Waals surface area contributed by atoms with E-state index in [1.807, 2.05) is 17.7 Å². The van der Waals surface area contributed by atoms with Crippen LogP contribution in [0.5, 0.6) is 5.75 Å². The van der Waals surface area contributed by atoms with Gasteiger partial charge in [0, 0.05) is 12.7 Å². The third-order valence-electron chi connectivity index (χ3n) is 2.50. The lowest BCUT2D eigenvalue weighted by atomic mass is 10.3. The van der Waals surface area contributed by atoms with Crippen LogP contribution in [0.25, 0.3) is 0 Å². The Morgan fingerprint density at radius 2 is 2.00 bits per heavy atom. The molecule has 1 aromatic heterocycles. The molecule has 0 spiro atoms. The van der Waals surface area contributed by atoms with Gasteiger partial charge in [-0.15, -0.1) is 0 Å². The maximum Gasteiger partial charge on any atom is 0.147 e. The van der Waals surface area contributed by atoms with Crippen molar-refractivity contribution in [3.63, 3.8) is 0 Å². The van der Waals surface area contributed by atoms with Crippen molar-refractivity contribution >= 4 is 0 Å². The Hall–Kier alpha value is -1.84. The van der Waals surface area contributed by atoms with Crippen molar-refractivity contribution in [2.75, 3.05) is 0 Å². The van der Waals surface area contributed by atoms with Gasteiger partial charge in [0.05, 0.1) is 5.69 Å². The molecule has 1 aromatic carbocycles. The molecule has 4 heteroatoms. The summed E-state index contributed by atoms with van der Waals surface area (Å²) < 4.78 is 20.3. The van der Waals surface area contributed by atoms with Crippen LogP contribution in [0, 0.1) is 12.7 Å². The van der Waals surface area contributed by atoms with E-state index >= 15 is 0 Å². The highest BCUT2D eigenvalue weighted by Gasteiger charge is 2.05. The Labute approximate surface area is 99.9 Å². The fraction of sp³-hybridized carbons (Fsp3) is 0.308. The molecule has 3 nitrogen and oxygen atoms in total. The first-order valence-corrected chi connectivity index (χ1v) is 5.60. The predicted octanol–water partition coefficient (Wildman–Crippen LogP) is 2.93. The monoisotopic (exact) mass is 234 g/mol. The summed E-state index contributed by atoms with van der Waals surface area (Å²) in [6, 6.07) is 5.99. The van der Waals surface area contributed by atoms with Gasteiger partial charge in [0.1, 0.15) is 24.0 Å². The summed E-state index contributed by atoms with van der Waals surface area (Å²) in [5.41, 5.74) is 0.976. The van der Waals surface area contributed by atoms with Crippen molar-refractivity contribution in [3.05, 3.63) is 47.8 Å². The number of benzene rings is 1. The smallest absolute Gasteiger partial charge is 0.147 e. The molecule has 90 valence electrons. The van der Waals surface area contributed by atoms with E-state index in [0.29, 0.717) is 12.4 Å². The lowest BCUT2D eigenvalue weighted by Crippen LogP contribution is -2.05. The molecule has 2 rings (SSSR count). The highest BCUT2D eigenvalue weighted by molar-refractivity contribution is 5.22. The summed E-state index contributed by atoms with van der Waals surface area (Å²) in [5.74, 6) is 1.27. The van der Waals surface area contributed by atoms with E-state index in [2.05, 4.69) is 11.9 Å². The van der Waals surface area contributed by atoms with Gasteiger partial charge in [-0.05, 0) is 38.1 Å². The molecule has 0 aliphatic rings. The minimum atomic E-state index is -0.261. The highest BCUT2D eigenvalue weighted by atomic mass is 19.1. The van der Waals surface area contributed by atoms with E-state index in [9.17, 15) is 4.39 Å². The number of aromatic nitrogens is 2. The van der Waals surface area contributed by atoms with E-state index in [1.54, 1.807) is 12.1 Å². The topological polar surface area (TPSA) is 27.1 Å². The fourth-order valence-corrected chi connectivity index (χ4v) is 1.66. The van der Waals surface area contributed by atoms with Crippen LogP contribution < -0.4 is 4.74 Å². The first-order chi connectivity index (χ1) is 8.19. The third-order valence-corrected chi connectivity index (χ3v) is 2.50. The number of aryl methyl sites for hydroxylation is 2. The normalized spacial score (nSPS) is 10.5. The van der Waals surface area contributed by atoms with Crippen LogP contribution in [0.2, 0.25) is 0 Å². The van der Waals surface area contributed by atoms with E-state index < -0.39 is 0 Å². The van der Waals surface area contributed by atoms with Crippen LogP contribution in [0.3, 0.4) is 0 Å². The van der Waals surface area contributed by atoms with Gasteiger partial charge in [0.15, 0.2) is 0 Å². The average molecular weight is 234 g/mol. The van der Waals surface area contributed by atoms with Crippen molar-refractivity contribution in [1.82, 2.24) is 9.55 Å². The number of nitrogens with zero attached hydrogens (tertiary/aromatic N) is 2. The minimum Gasteiger partial charge on any atom is -0.486 e. The summed E-state index contributed by atoms with van der Waals surface area (Å²) in [6.45, 7) is 5.27. The Morgan fingerprint density at radius 1 is 1.29 bits per heavy atom. The van der Waals surface area contributed by atoms with E-state index in [-0.39, 0.29) is 5.82 Å². The molecular weight excluding hydrogens is 219 g/mol. The molecular formula is C13H15FN2O. The lowest BCUT2D eigenvalue weighted by molar-refractivity contribution is 0.289. The second-order valence-corrected chi connectivity index (χ2v) is 3.83. The van der Waals surface area contributed by atoms with Crippen molar-refractivity contribution in [1.29, 1.82) is 0 Å². The molecule has 0 radical (unpaired) electrons. The van der Waals surface area contributed by atoms with Gasteiger partial charge in [0.25, 0.3) is 0 Å². The number of imidazole rings is 1. The zero-order valence-electron chi connectivity index (χ0n) is 9.98. The minimum absolute atomic E-state index is 0.261. The zero-order chi connectivity index (χ0) is 12.3. The van der Waals surface area contributed by atoms with Crippen molar-refractivity contribution in [2.24, 2.45) is 0 Å². The van der Waals surface area contributed by atoms with Gasteiger partial charge < -0.3 is 9.30 Å². The molecule has 0 fully saturated rings. The standard InChI is InChI=1S/C13H15FN2O/c1-3-16-8-10(2)15-13(16)9-17-12-6-4-11(14)5-7-12/h4-8H,3,9H2,1-2H3. The van der Waals surface area contributed by atoms with Gasteiger partial charge in [-0.2, -0.15) is 0 Å². The van der Waals surface area contributed by atoms with Crippen molar-refractivity contribution < 1.29 is 9.13 Å². The number of hydrogen-bond acceptors (Lipinski definition) is 2. The molecule has 0 saturated heterocycles. The zero-order valence-corrected chi connectivity index (χ0v) is 9.98. The molecule has 0 amide bonds. The second-order valence-electron chi connectivity index (χ2n) is 3.83. The molecule has 0 unspecified atom stereocenters. The Bertz CT molecular complexity index is 491. The first kappa shape index (κ1) is 11.6. The lowest BCUT2D eigenvalue weighted by Gasteiger charge is -2.07. The summed E-state index contributed by atoms with van der Waals surface area (Å²) in [6.07, 6.45) is 1.99. The molecule has 0 atom stereocenters. The van der Waals surface area contributed by atoms with Crippen LogP contribution in [0.15, 0.2) is 30.5 Å². The average Bonchev–Trinajstić information content (AvgIpc) is 2.69. The Morgan fingerprint density at radius 3 is 2.65 bits per heavy atom. The Kier molecular flexibility index (Phi) is 3.42. The SMILES string of the molecule is CCn1cc(C)nc1COc1ccc(F)cc1. The molecule has 0 aliphatic carbocycles. The molecule has 0 N–H and O–H groups in total. The highest BCUT2D eigenvalue weighted by Crippen LogP contribution is 2.13. The first-order valence-electron chi connectivity index (χ1n) is 5.60. The molecule has 1 heterocycles. The van der Waals surface area contributed by atoms with E-state index in [1.165, 1.54) is 12.1 Å². The van der Waals surface area contributed by atoms with Gasteiger partial charge in [-0.1, -0.05) is 0 Å². The number of halogens is 1. The van der Waals surface area contributed by atoms with Gasteiger partial charge in [0.2, 0.25) is 0 Å². The summed E-state index contributed by atoms with van der Waals surface area (Å²) in [5, 5.41) is 0. The van der Waals surface area contributed by atoms with Gasteiger partial charge >= 0.3 is 0 Å². The Balaban J connectivity index is 2.04. The van der Waals surface area contributed by atoms with E-state index in [0.717, 1.165) is 18.1 Å². The van der Waals surface area contributed by atoms with Crippen LogP contribution in [-0.4, -0.2) is 9.55 Å².